The first-order valence-corrected chi connectivity index (χ1v) is 3.43. The maximum Gasteiger partial charge on any atom is 0.0513 e. The van der Waals surface area contributed by atoms with Crippen LogP contribution >= 0.6 is 0 Å². The Kier molecular flexibility index (Phi) is 6.91. The van der Waals surface area contributed by atoms with Gasteiger partial charge in [0, 0.05) is 33.4 Å². The van der Waals surface area contributed by atoms with Crippen molar-refractivity contribution in [1.29, 1.82) is 0 Å². The summed E-state index contributed by atoms with van der Waals surface area (Å²) in [6.07, 6.45) is 0.862. The van der Waals surface area contributed by atoms with E-state index in [0.29, 0.717) is 13.2 Å². The molecule has 62 valence electrons. The number of hydrogen-bond donors (Lipinski definition) is 1. The standard InChI is InChI=1S/C7H16O3/c1-9-4-3-7(5-8)6-10-2/h7-8H,3-6H2,1-2H3. The molecule has 0 fully saturated rings. The monoisotopic (exact) mass is 148 g/mol. The largest absolute Gasteiger partial charge is 0.396 e. The fourth-order valence-corrected chi connectivity index (χ4v) is 0.748. The van der Waals surface area contributed by atoms with Gasteiger partial charge in [-0.05, 0) is 6.42 Å². The molecule has 0 aliphatic carbocycles. The molecule has 0 saturated heterocycles. The molecule has 1 N–H and O–H groups in total. The molecule has 0 radical (unpaired) electrons. The molecule has 0 aromatic carbocycles. The SMILES string of the molecule is COCCC(CO)COC. The van der Waals surface area contributed by atoms with E-state index in [9.17, 15) is 0 Å². The van der Waals surface area contributed by atoms with Crippen LogP contribution in [0.4, 0.5) is 0 Å². The first-order chi connectivity index (χ1) is 4.85. The summed E-state index contributed by atoms with van der Waals surface area (Å²) < 4.78 is 9.73. The van der Waals surface area contributed by atoms with Crippen molar-refractivity contribution < 1.29 is 14.6 Å². The summed E-state index contributed by atoms with van der Waals surface area (Å²) in [7, 11) is 3.29. The lowest BCUT2D eigenvalue weighted by atomic mass is 10.1. The molecule has 0 bridgehead atoms. The van der Waals surface area contributed by atoms with Crippen molar-refractivity contribution in [2.75, 3.05) is 34.0 Å². The topological polar surface area (TPSA) is 38.7 Å². The van der Waals surface area contributed by atoms with Crippen LogP contribution in [0.1, 0.15) is 6.42 Å². The molecule has 10 heavy (non-hydrogen) atoms. The zero-order valence-corrected chi connectivity index (χ0v) is 6.67. The highest BCUT2D eigenvalue weighted by atomic mass is 16.5. The maximum atomic E-state index is 8.75. The number of rotatable bonds is 6. The third kappa shape index (κ3) is 4.73. The molecule has 3 heteroatoms. The van der Waals surface area contributed by atoms with E-state index in [-0.39, 0.29) is 12.5 Å². The minimum atomic E-state index is 0.178. The molecule has 0 saturated carbocycles. The molecule has 0 heterocycles. The summed E-state index contributed by atoms with van der Waals surface area (Å²) in [6.45, 7) is 1.48. The lowest BCUT2D eigenvalue weighted by molar-refractivity contribution is 0.0828. The van der Waals surface area contributed by atoms with Crippen molar-refractivity contribution in [2.45, 2.75) is 6.42 Å². The second kappa shape index (κ2) is 6.99. The van der Waals surface area contributed by atoms with Crippen molar-refractivity contribution in [2.24, 2.45) is 5.92 Å². The van der Waals surface area contributed by atoms with Crippen molar-refractivity contribution >= 4 is 0 Å². The van der Waals surface area contributed by atoms with Gasteiger partial charge in [-0.25, -0.2) is 0 Å². The van der Waals surface area contributed by atoms with Gasteiger partial charge >= 0.3 is 0 Å². The highest BCUT2D eigenvalue weighted by Gasteiger charge is 2.05. The summed E-state index contributed by atoms with van der Waals surface area (Å²) in [6, 6.07) is 0. The van der Waals surface area contributed by atoms with E-state index < -0.39 is 0 Å². The molecule has 0 spiro atoms. The van der Waals surface area contributed by atoms with Crippen LogP contribution in [-0.2, 0) is 9.47 Å². The summed E-state index contributed by atoms with van der Waals surface area (Å²) in [5, 5.41) is 8.75. The summed E-state index contributed by atoms with van der Waals surface area (Å²) in [4.78, 5) is 0. The molecule has 0 aliphatic heterocycles. The third-order valence-electron chi connectivity index (χ3n) is 1.39. The molecule has 1 atom stereocenters. The van der Waals surface area contributed by atoms with E-state index in [1.54, 1.807) is 14.2 Å². The molecule has 1 unspecified atom stereocenters. The Morgan fingerprint density at radius 1 is 1.30 bits per heavy atom. The van der Waals surface area contributed by atoms with E-state index >= 15 is 0 Å². The molecular weight excluding hydrogens is 132 g/mol. The second-order valence-corrected chi connectivity index (χ2v) is 2.29. The minimum absolute atomic E-state index is 0.178. The molecule has 0 amide bonds. The van der Waals surface area contributed by atoms with Gasteiger partial charge in [-0.2, -0.15) is 0 Å². The average molecular weight is 148 g/mol. The Balaban J connectivity index is 3.21. The van der Waals surface area contributed by atoms with Gasteiger partial charge in [0.15, 0.2) is 0 Å². The molecule has 0 aromatic rings. The van der Waals surface area contributed by atoms with Gasteiger partial charge in [-0.3, -0.25) is 0 Å². The van der Waals surface area contributed by atoms with E-state index in [2.05, 4.69) is 0 Å². The van der Waals surface area contributed by atoms with Crippen LogP contribution in [-0.4, -0.2) is 39.1 Å². The first-order valence-electron chi connectivity index (χ1n) is 3.43. The van der Waals surface area contributed by atoms with Crippen molar-refractivity contribution in [3.05, 3.63) is 0 Å². The Morgan fingerprint density at radius 3 is 2.40 bits per heavy atom. The normalized spacial score (nSPS) is 13.5. The van der Waals surface area contributed by atoms with Crippen LogP contribution in [0, 0.1) is 5.92 Å². The van der Waals surface area contributed by atoms with Gasteiger partial charge in [0.1, 0.15) is 0 Å². The Morgan fingerprint density at radius 2 is 2.00 bits per heavy atom. The molecule has 0 aliphatic rings. The first kappa shape index (κ1) is 9.88. The van der Waals surface area contributed by atoms with Crippen molar-refractivity contribution in [1.82, 2.24) is 0 Å². The molecule has 0 rings (SSSR count). The smallest absolute Gasteiger partial charge is 0.0513 e. The quantitative estimate of drug-likeness (QED) is 0.588. The maximum absolute atomic E-state index is 8.75. The minimum Gasteiger partial charge on any atom is -0.396 e. The van der Waals surface area contributed by atoms with Gasteiger partial charge in [0.25, 0.3) is 0 Å². The van der Waals surface area contributed by atoms with Gasteiger partial charge < -0.3 is 14.6 Å². The van der Waals surface area contributed by atoms with Crippen LogP contribution in [0.15, 0.2) is 0 Å². The summed E-state index contributed by atoms with van der Waals surface area (Å²) in [5.41, 5.74) is 0. The average Bonchev–Trinajstić information content (AvgIpc) is 1.98. The lowest BCUT2D eigenvalue weighted by Gasteiger charge is -2.11. The fraction of sp³-hybridized carbons (Fsp3) is 1.00. The van der Waals surface area contributed by atoms with E-state index in [1.807, 2.05) is 0 Å². The van der Waals surface area contributed by atoms with E-state index in [1.165, 1.54) is 0 Å². The van der Waals surface area contributed by atoms with Crippen molar-refractivity contribution in [3.8, 4) is 0 Å². The highest BCUT2D eigenvalue weighted by molar-refractivity contribution is 4.54. The number of methoxy groups -OCH3 is 2. The predicted molar refractivity (Wildman–Crippen MR) is 38.9 cm³/mol. The highest BCUT2D eigenvalue weighted by Crippen LogP contribution is 2.01. The number of aliphatic hydroxyl groups is 1. The Labute approximate surface area is 62.0 Å². The third-order valence-corrected chi connectivity index (χ3v) is 1.39. The lowest BCUT2D eigenvalue weighted by Crippen LogP contribution is -2.14. The predicted octanol–water partition coefficient (Wildman–Crippen LogP) is 0.278. The van der Waals surface area contributed by atoms with Crippen LogP contribution in [0.3, 0.4) is 0 Å². The van der Waals surface area contributed by atoms with E-state index in [4.69, 9.17) is 14.6 Å². The Hall–Kier alpha value is -0.120. The zero-order chi connectivity index (χ0) is 7.82. The van der Waals surface area contributed by atoms with Crippen LogP contribution in [0.25, 0.3) is 0 Å². The van der Waals surface area contributed by atoms with Gasteiger partial charge in [0.05, 0.1) is 6.61 Å². The van der Waals surface area contributed by atoms with Crippen LogP contribution < -0.4 is 0 Å². The van der Waals surface area contributed by atoms with Crippen LogP contribution in [0.5, 0.6) is 0 Å². The number of aliphatic hydroxyl groups excluding tert-OH is 1. The fourth-order valence-electron chi connectivity index (χ4n) is 0.748. The van der Waals surface area contributed by atoms with E-state index in [0.717, 1.165) is 6.42 Å². The second-order valence-electron chi connectivity index (χ2n) is 2.29. The van der Waals surface area contributed by atoms with Crippen LogP contribution in [0.2, 0.25) is 0 Å². The van der Waals surface area contributed by atoms with Gasteiger partial charge in [0.2, 0.25) is 0 Å². The molecule has 0 aromatic heterocycles. The Bertz CT molecular complexity index is 65.9. The van der Waals surface area contributed by atoms with Gasteiger partial charge in [-0.1, -0.05) is 0 Å². The number of ether oxygens (including phenoxy) is 2. The van der Waals surface area contributed by atoms with Gasteiger partial charge in [-0.15, -0.1) is 0 Å². The van der Waals surface area contributed by atoms with Crippen molar-refractivity contribution in [3.63, 3.8) is 0 Å². The molecular formula is C7H16O3. The summed E-state index contributed by atoms with van der Waals surface area (Å²) in [5.74, 6) is 0.227. The zero-order valence-electron chi connectivity index (χ0n) is 6.67. The molecule has 3 nitrogen and oxygen atoms in total. The summed E-state index contributed by atoms with van der Waals surface area (Å²) >= 11 is 0. The number of hydrogen-bond acceptors (Lipinski definition) is 3.